The van der Waals surface area contributed by atoms with Gasteiger partial charge in [0.25, 0.3) is 0 Å². The number of hydrogen-bond acceptors (Lipinski definition) is 4. The van der Waals surface area contributed by atoms with Crippen LogP contribution in [0.2, 0.25) is 10.4 Å². The van der Waals surface area contributed by atoms with Gasteiger partial charge >= 0.3 is 0 Å². The van der Waals surface area contributed by atoms with Crippen molar-refractivity contribution >= 4 is 28.9 Å². The molecule has 0 unspecified atom stereocenters. The Balaban J connectivity index is 1.68. The molecule has 1 aromatic heterocycles. The maximum Gasteiger partial charge on any atom is 0.224 e. The zero-order valence-electron chi connectivity index (χ0n) is 13.9. The Bertz CT molecular complexity index is 670. The quantitative estimate of drug-likeness (QED) is 0.591. The Kier molecular flexibility index (Phi) is 5.93. The first-order valence-electron chi connectivity index (χ1n) is 8.40. The summed E-state index contributed by atoms with van der Waals surface area (Å²) in [6.45, 7) is 6.97. The highest BCUT2D eigenvalue weighted by atomic mass is 35.5. The van der Waals surface area contributed by atoms with E-state index in [2.05, 4.69) is 57.0 Å². The summed E-state index contributed by atoms with van der Waals surface area (Å²) < 4.78 is 0. The van der Waals surface area contributed by atoms with Crippen LogP contribution in [0.3, 0.4) is 0 Å². The molecule has 0 aliphatic carbocycles. The molecule has 0 radical (unpaired) electrons. The summed E-state index contributed by atoms with van der Waals surface area (Å²) in [5, 5.41) is 0.699. The zero-order valence-corrected chi connectivity index (χ0v) is 15.4. The molecule has 3 rings (SSSR count). The van der Waals surface area contributed by atoms with Crippen LogP contribution < -0.4 is 4.90 Å². The van der Waals surface area contributed by atoms with Crippen molar-refractivity contribution in [3.63, 3.8) is 0 Å². The van der Waals surface area contributed by atoms with Gasteiger partial charge in [-0.3, -0.25) is 4.90 Å². The first-order chi connectivity index (χ1) is 11.7. The van der Waals surface area contributed by atoms with Gasteiger partial charge in [-0.15, -0.1) is 0 Å². The first-order valence-corrected chi connectivity index (χ1v) is 9.16. The third-order valence-electron chi connectivity index (χ3n) is 4.31. The molecule has 24 heavy (non-hydrogen) atoms. The van der Waals surface area contributed by atoms with Crippen LogP contribution in [0.5, 0.6) is 0 Å². The van der Waals surface area contributed by atoms with Crippen LogP contribution in [0, 0.1) is 0 Å². The molecule has 0 N–H and O–H groups in total. The number of halogens is 2. The van der Waals surface area contributed by atoms with Gasteiger partial charge in [0.1, 0.15) is 0 Å². The van der Waals surface area contributed by atoms with E-state index in [0.29, 0.717) is 5.15 Å². The molecule has 1 aliphatic rings. The smallest absolute Gasteiger partial charge is 0.224 e. The van der Waals surface area contributed by atoms with Crippen molar-refractivity contribution in [2.45, 2.75) is 26.3 Å². The van der Waals surface area contributed by atoms with E-state index in [1.165, 1.54) is 5.56 Å². The van der Waals surface area contributed by atoms with E-state index in [0.717, 1.165) is 56.9 Å². The molecule has 0 atom stereocenters. The largest absolute Gasteiger partial charge is 0.365 e. The minimum absolute atomic E-state index is 0.231. The van der Waals surface area contributed by atoms with Crippen LogP contribution >= 0.6 is 23.2 Å². The minimum Gasteiger partial charge on any atom is -0.365 e. The number of aryl methyl sites for hydroxylation is 1. The monoisotopic (exact) mass is 364 g/mol. The van der Waals surface area contributed by atoms with Crippen LogP contribution in [0.25, 0.3) is 0 Å². The van der Waals surface area contributed by atoms with Gasteiger partial charge in [-0.2, -0.15) is 0 Å². The van der Waals surface area contributed by atoms with Crippen molar-refractivity contribution in [2.24, 2.45) is 0 Å². The van der Waals surface area contributed by atoms with Crippen molar-refractivity contribution in [1.29, 1.82) is 0 Å². The molecule has 1 fully saturated rings. The average Bonchev–Trinajstić information content (AvgIpc) is 2.57. The SMILES string of the molecule is CCCc1nc(Cl)nc(Cl)c1N1CCN(Cc2ccccc2)CC1. The Morgan fingerprint density at radius 2 is 1.71 bits per heavy atom. The number of rotatable bonds is 5. The van der Waals surface area contributed by atoms with Crippen molar-refractivity contribution in [2.75, 3.05) is 31.1 Å². The molecule has 1 aromatic carbocycles. The highest BCUT2D eigenvalue weighted by Gasteiger charge is 2.23. The number of anilines is 1. The highest BCUT2D eigenvalue weighted by Crippen LogP contribution is 2.30. The normalized spacial score (nSPS) is 15.7. The molecule has 4 nitrogen and oxygen atoms in total. The summed E-state index contributed by atoms with van der Waals surface area (Å²) in [7, 11) is 0. The first kappa shape index (κ1) is 17.5. The van der Waals surface area contributed by atoms with Crippen LogP contribution in [0.1, 0.15) is 24.6 Å². The molecule has 0 bridgehead atoms. The molecule has 1 saturated heterocycles. The predicted molar refractivity (Wildman–Crippen MR) is 100.0 cm³/mol. The second kappa shape index (κ2) is 8.15. The Morgan fingerprint density at radius 3 is 2.38 bits per heavy atom. The standard InChI is InChI=1S/C18H22Cl2N4/c1-2-6-15-16(17(19)22-18(20)21-15)24-11-9-23(10-12-24)13-14-7-4-3-5-8-14/h3-5,7-8H,2,6,9-13H2,1H3. The highest BCUT2D eigenvalue weighted by molar-refractivity contribution is 6.33. The number of nitrogens with zero attached hydrogens (tertiary/aromatic N) is 4. The summed E-state index contributed by atoms with van der Waals surface area (Å²) in [5.74, 6) is 0. The van der Waals surface area contributed by atoms with E-state index in [1.54, 1.807) is 0 Å². The Morgan fingerprint density at radius 1 is 1.00 bits per heavy atom. The molecule has 1 aliphatic heterocycles. The fourth-order valence-corrected chi connectivity index (χ4v) is 3.68. The lowest BCUT2D eigenvalue weighted by atomic mass is 10.1. The van der Waals surface area contributed by atoms with Gasteiger partial charge in [-0.25, -0.2) is 9.97 Å². The molecule has 6 heteroatoms. The third kappa shape index (κ3) is 4.18. The maximum atomic E-state index is 6.38. The lowest BCUT2D eigenvalue weighted by Gasteiger charge is -2.37. The molecule has 2 heterocycles. The number of hydrogen-bond donors (Lipinski definition) is 0. The van der Waals surface area contributed by atoms with Crippen LogP contribution in [0.4, 0.5) is 5.69 Å². The average molecular weight is 365 g/mol. The van der Waals surface area contributed by atoms with E-state index in [1.807, 2.05) is 0 Å². The number of piperazine rings is 1. The van der Waals surface area contributed by atoms with E-state index in [4.69, 9.17) is 23.2 Å². The fourth-order valence-electron chi connectivity index (χ4n) is 3.14. The van der Waals surface area contributed by atoms with Gasteiger partial charge in [0.05, 0.1) is 11.4 Å². The summed E-state index contributed by atoms with van der Waals surface area (Å²) in [5.41, 5.74) is 3.27. The molecular weight excluding hydrogens is 343 g/mol. The van der Waals surface area contributed by atoms with Crippen LogP contribution in [-0.2, 0) is 13.0 Å². The minimum atomic E-state index is 0.231. The summed E-state index contributed by atoms with van der Waals surface area (Å²) >= 11 is 12.4. The van der Waals surface area contributed by atoms with Crippen molar-refractivity contribution in [1.82, 2.24) is 14.9 Å². The topological polar surface area (TPSA) is 32.3 Å². The number of benzene rings is 1. The van der Waals surface area contributed by atoms with E-state index in [-0.39, 0.29) is 5.28 Å². The maximum absolute atomic E-state index is 6.38. The van der Waals surface area contributed by atoms with Gasteiger partial charge in [0, 0.05) is 32.7 Å². The van der Waals surface area contributed by atoms with Gasteiger partial charge in [-0.05, 0) is 23.6 Å². The molecule has 2 aromatic rings. The van der Waals surface area contributed by atoms with Crippen molar-refractivity contribution < 1.29 is 0 Å². The summed E-state index contributed by atoms with van der Waals surface area (Å²) in [6.07, 6.45) is 1.87. The van der Waals surface area contributed by atoms with Gasteiger partial charge in [0.15, 0.2) is 5.15 Å². The van der Waals surface area contributed by atoms with Crippen molar-refractivity contribution in [3.8, 4) is 0 Å². The fraction of sp³-hybridized carbons (Fsp3) is 0.444. The Hall–Kier alpha value is -1.36. The molecule has 128 valence electrons. The number of aromatic nitrogens is 2. The van der Waals surface area contributed by atoms with Gasteiger partial charge in [0.2, 0.25) is 5.28 Å². The molecule has 0 saturated carbocycles. The second-order valence-corrected chi connectivity index (χ2v) is 6.77. The molecule has 0 spiro atoms. The van der Waals surface area contributed by atoms with Gasteiger partial charge in [-0.1, -0.05) is 55.3 Å². The second-order valence-electron chi connectivity index (χ2n) is 6.08. The van der Waals surface area contributed by atoms with E-state index < -0.39 is 0 Å². The summed E-state index contributed by atoms with van der Waals surface area (Å²) in [4.78, 5) is 13.3. The predicted octanol–water partition coefficient (Wildman–Crippen LogP) is 4.06. The Labute approximate surface area is 153 Å². The van der Waals surface area contributed by atoms with E-state index in [9.17, 15) is 0 Å². The van der Waals surface area contributed by atoms with Crippen LogP contribution in [-0.4, -0.2) is 41.0 Å². The molecule has 0 amide bonds. The van der Waals surface area contributed by atoms with Crippen LogP contribution in [0.15, 0.2) is 30.3 Å². The lowest BCUT2D eigenvalue weighted by molar-refractivity contribution is 0.249. The van der Waals surface area contributed by atoms with Crippen molar-refractivity contribution in [3.05, 3.63) is 52.0 Å². The third-order valence-corrected chi connectivity index (χ3v) is 4.74. The molecular formula is C18H22Cl2N4. The van der Waals surface area contributed by atoms with E-state index >= 15 is 0 Å². The summed E-state index contributed by atoms with van der Waals surface area (Å²) in [6, 6.07) is 10.6. The zero-order chi connectivity index (χ0) is 16.9. The van der Waals surface area contributed by atoms with Gasteiger partial charge < -0.3 is 4.90 Å². The lowest BCUT2D eigenvalue weighted by Crippen LogP contribution is -2.46.